The van der Waals surface area contributed by atoms with E-state index in [0.29, 0.717) is 11.8 Å². The second-order valence-electron chi connectivity index (χ2n) is 6.76. The van der Waals surface area contributed by atoms with Gasteiger partial charge in [-0.1, -0.05) is 74.5 Å². The molecule has 0 fully saturated rings. The molecule has 0 amide bonds. The van der Waals surface area contributed by atoms with E-state index in [-0.39, 0.29) is 0 Å². The maximum Gasteiger partial charge on any atom is 0.00275 e. The van der Waals surface area contributed by atoms with Crippen molar-refractivity contribution in [2.45, 2.75) is 44.9 Å². The van der Waals surface area contributed by atoms with Gasteiger partial charge in [0.1, 0.15) is 0 Å². The zero-order valence-corrected chi connectivity index (χ0v) is 14.0. The average Bonchev–Trinajstić information content (AvgIpc) is 3.14. The Labute approximate surface area is 139 Å². The first-order chi connectivity index (χ1) is 11.3. The van der Waals surface area contributed by atoms with Gasteiger partial charge in [0.2, 0.25) is 0 Å². The van der Waals surface area contributed by atoms with Crippen LogP contribution in [0, 0.1) is 0 Å². The molecule has 0 N–H and O–H groups in total. The minimum absolute atomic E-state index is 0.598. The van der Waals surface area contributed by atoms with Crippen LogP contribution in [0.3, 0.4) is 0 Å². The second kappa shape index (κ2) is 5.85. The first kappa shape index (κ1) is 14.5. The van der Waals surface area contributed by atoms with Crippen LogP contribution >= 0.6 is 0 Å². The SMILES string of the molecule is CCC1C=C(CC2=CC(CC)c3ccccc32)c2ccccc21. The summed E-state index contributed by atoms with van der Waals surface area (Å²) in [4.78, 5) is 0. The molecule has 2 aliphatic carbocycles. The first-order valence-electron chi connectivity index (χ1n) is 8.91. The van der Waals surface area contributed by atoms with E-state index in [0.717, 1.165) is 6.42 Å². The third-order valence-electron chi connectivity index (χ3n) is 5.48. The van der Waals surface area contributed by atoms with Crippen LogP contribution in [0.15, 0.2) is 60.7 Å². The van der Waals surface area contributed by atoms with Gasteiger partial charge in [-0.3, -0.25) is 0 Å². The van der Waals surface area contributed by atoms with Gasteiger partial charge in [0.15, 0.2) is 0 Å². The quantitative estimate of drug-likeness (QED) is 0.600. The molecular weight excluding hydrogens is 276 g/mol. The topological polar surface area (TPSA) is 0 Å². The van der Waals surface area contributed by atoms with Crippen LogP contribution in [-0.2, 0) is 0 Å². The monoisotopic (exact) mass is 300 g/mol. The predicted molar refractivity (Wildman–Crippen MR) is 99.5 cm³/mol. The number of hydrogen-bond acceptors (Lipinski definition) is 0. The molecule has 0 saturated carbocycles. The zero-order valence-electron chi connectivity index (χ0n) is 14.0. The summed E-state index contributed by atoms with van der Waals surface area (Å²) in [6.45, 7) is 4.58. The number of hydrogen-bond donors (Lipinski definition) is 0. The lowest BCUT2D eigenvalue weighted by Gasteiger charge is -2.09. The molecular formula is C23H24. The molecule has 2 aliphatic rings. The Bertz CT molecular complexity index is 724. The lowest BCUT2D eigenvalue weighted by atomic mass is 9.95. The molecule has 0 aromatic heterocycles. The Morgan fingerprint density at radius 1 is 0.652 bits per heavy atom. The Balaban J connectivity index is 1.70. The average molecular weight is 300 g/mol. The van der Waals surface area contributed by atoms with Crippen molar-refractivity contribution in [3.63, 3.8) is 0 Å². The molecule has 2 aromatic carbocycles. The summed E-state index contributed by atoms with van der Waals surface area (Å²) in [6.07, 6.45) is 8.46. The van der Waals surface area contributed by atoms with Crippen LogP contribution in [0.1, 0.15) is 67.2 Å². The summed E-state index contributed by atoms with van der Waals surface area (Å²) >= 11 is 0. The number of fused-ring (bicyclic) bond motifs is 2. The molecule has 4 rings (SSSR count). The molecule has 0 radical (unpaired) electrons. The molecule has 2 atom stereocenters. The van der Waals surface area contributed by atoms with E-state index >= 15 is 0 Å². The standard InChI is InChI=1S/C23H24/c1-3-16-13-18(22-11-7-5-9-20(16)22)15-19-14-17(4-2)21-10-6-8-12-23(19)21/h5-14,16-17H,3-4,15H2,1-2H3. The van der Waals surface area contributed by atoms with Gasteiger partial charge in [-0.25, -0.2) is 0 Å². The first-order valence-corrected chi connectivity index (χ1v) is 8.91. The summed E-state index contributed by atoms with van der Waals surface area (Å²) in [5, 5.41) is 0. The highest BCUT2D eigenvalue weighted by molar-refractivity contribution is 5.86. The second-order valence-corrected chi connectivity index (χ2v) is 6.76. The van der Waals surface area contributed by atoms with Gasteiger partial charge < -0.3 is 0 Å². The highest BCUT2D eigenvalue weighted by Crippen LogP contribution is 2.45. The van der Waals surface area contributed by atoms with Crippen LogP contribution in [0.5, 0.6) is 0 Å². The lowest BCUT2D eigenvalue weighted by Crippen LogP contribution is -1.91. The van der Waals surface area contributed by atoms with Gasteiger partial charge in [0.25, 0.3) is 0 Å². The Kier molecular flexibility index (Phi) is 3.69. The van der Waals surface area contributed by atoms with Gasteiger partial charge in [-0.15, -0.1) is 0 Å². The molecule has 2 unspecified atom stereocenters. The molecule has 0 bridgehead atoms. The highest BCUT2D eigenvalue weighted by Gasteiger charge is 2.26. The van der Waals surface area contributed by atoms with Crippen molar-refractivity contribution in [1.29, 1.82) is 0 Å². The van der Waals surface area contributed by atoms with E-state index in [1.807, 2.05) is 0 Å². The number of rotatable bonds is 4. The molecule has 0 nitrogen and oxygen atoms in total. The normalized spacial score (nSPS) is 21.7. The van der Waals surface area contributed by atoms with Crippen molar-refractivity contribution in [2.75, 3.05) is 0 Å². The van der Waals surface area contributed by atoms with E-state index < -0.39 is 0 Å². The summed E-state index contributed by atoms with van der Waals surface area (Å²) < 4.78 is 0. The summed E-state index contributed by atoms with van der Waals surface area (Å²) in [5.74, 6) is 1.20. The molecule has 0 aliphatic heterocycles. The van der Waals surface area contributed by atoms with Crippen molar-refractivity contribution in [2.24, 2.45) is 0 Å². The lowest BCUT2D eigenvalue weighted by molar-refractivity contribution is 0.817. The summed E-state index contributed by atoms with van der Waals surface area (Å²) in [7, 11) is 0. The van der Waals surface area contributed by atoms with Crippen LogP contribution in [0.25, 0.3) is 11.1 Å². The van der Waals surface area contributed by atoms with E-state index in [2.05, 4.69) is 74.5 Å². The zero-order chi connectivity index (χ0) is 15.8. The molecule has 23 heavy (non-hydrogen) atoms. The van der Waals surface area contributed by atoms with Crippen LogP contribution < -0.4 is 0 Å². The van der Waals surface area contributed by atoms with Gasteiger partial charge in [0, 0.05) is 11.8 Å². The fourth-order valence-corrected chi connectivity index (χ4v) is 4.26. The Morgan fingerprint density at radius 3 is 1.52 bits per heavy atom. The highest BCUT2D eigenvalue weighted by atomic mass is 14.3. The Hall–Kier alpha value is -2.08. The molecule has 0 spiro atoms. The number of allylic oxidation sites excluding steroid dienone is 4. The fourth-order valence-electron chi connectivity index (χ4n) is 4.26. The van der Waals surface area contributed by atoms with Crippen molar-refractivity contribution in [3.05, 3.63) is 82.9 Å². The van der Waals surface area contributed by atoms with Crippen molar-refractivity contribution < 1.29 is 0 Å². The minimum atomic E-state index is 0.598. The third kappa shape index (κ3) is 2.37. The van der Waals surface area contributed by atoms with E-state index in [4.69, 9.17) is 0 Å². The Morgan fingerprint density at radius 2 is 1.09 bits per heavy atom. The largest absolute Gasteiger partial charge is 0.0728 e. The predicted octanol–water partition coefficient (Wildman–Crippen LogP) is 6.56. The van der Waals surface area contributed by atoms with Crippen molar-refractivity contribution in [3.8, 4) is 0 Å². The van der Waals surface area contributed by atoms with Crippen LogP contribution in [-0.4, -0.2) is 0 Å². The van der Waals surface area contributed by atoms with E-state index in [1.165, 1.54) is 46.2 Å². The van der Waals surface area contributed by atoms with Gasteiger partial charge in [0.05, 0.1) is 0 Å². The maximum absolute atomic E-state index is 2.51. The maximum atomic E-state index is 2.51. The molecule has 116 valence electrons. The molecule has 2 aromatic rings. The van der Waals surface area contributed by atoms with Crippen molar-refractivity contribution >= 4 is 11.1 Å². The van der Waals surface area contributed by atoms with E-state index in [9.17, 15) is 0 Å². The molecule has 0 heterocycles. The van der Waals surface area contributed by atoms with Gasteiger partial charge in [-0.2, -0.15) is 0 Å². The number of benzene rings is 2. The molecule has 0 saturated heterocycles. The minimum Gasteiger partial charge on any atom is -0.0728 e. The van der Waals surface area contributed by atoms with Gasteiger partial charge >= 0.3 is 0 Å². The van der Waals surface area contributed by atoms with Crippen LogP contribution in [0.4, 0.5) is 0 Å². The van der Waals surface area contributed by atoms with Gasteiger partial charge in [-0.05, 0) is 52.7 Å². The van der Waals surface area contributed by atoms with E-state index in [1.54, 1.807) is 0 Å². The molecule has 0 heteroatoms. The van der Waals surface area contributed by atoms with Crippen LogP contribution in [0.2, 0.25) is 0 Å². The summed E-state index contributed by atoms with van der Waals surface area (Å²) in [5.41, 5.74) is 9.01. The summed E-state index contributed by atoms with van der Waals surface area (Å²) in [6, 6.07) is 17.9. The fraction of sp³-hybridized carbons (Fsp3) is 0.304. The smallest absolute Gasteiger partial charge is 0.00275 e. The third-order valence-corrected chi connectivity index (χ3v) is 5.48. The van der Waals surface area contributed by atoms with Crippen molar-refractivity contribution in [1.82, 2.24) is 0 Å².